The molecule has 0 spiro atoms. The Balaban J connectivity index is 1.27. The van der Waals surface area contributed by atoms with Gasteiger partial charge in [0.15, 0.2) is 0 Å². The highest BCUT2D eigenvalue weighted by atomic mass is 16.2. The van der Waals surface area contributed by atoms with Gasteiger partial charge in [-0.1, -0.05) is 115 Å². The van der Waals surface area contributed by atoms with Crippen molar-refractivity contribution in [3.05, 3.63) is 132 Å². The summed E-state index contributed by atoms with van der Waals surface area (Å²) < 4.78 is 0. The molecule has 3 unspecified atom stereocenters. The van der Waals surface area contributed by atoms with Crippen molar-refractivity contribution in [1.82, 2.24) is 21.3 Å². The monoisotopic (exact) mass is 683 g/mol. The summed E-state index contributed by atoms with van der Waals surface area (Å²) in [5.41, 5.74) is 8.29. The minimum Gasteiger partial charge on any atom is -0.370 e. The van der Waals surface area contributed by atoms with Crippen LogP contribution < -0.4 is 27.0 Å². The zero-order valence-corrected chi connectivity index (χ0v) is 28.6. The lowest BCUT2D eigenvalue weighted by Crippen LogP contribution is -2.57. The number of primary amides is 1. The minimum atomic E-state index is -1.00. The molecule has 1 aliphatic rings. The molecule has 51 heavy (non-hydrogen) atoms. The lowest BCUT2D eigenvalue weighted by molar-refractivity contribution is -0.133. The second-order valence-electron chi connectivity index (χ2n) is 13.5. The maximum absolute atomic E-state index is 14.3. The molecule has 3 atom stereocenters. The van der Waals surface area contributed by atoms with E-state index in [1.54, 1.807) is 0 Å². The number of carbonyl (C=O) groups is 4. The van der Waals surface area contributed by atoms with Crippen LogP contribution in [0.4, 0.5) is 0 Å². The number of carbonyl (C=O) groups excluding carboxylic acids is 4. The van der Waals surface area contributed by atoms with Crippen LogP contribution in [0.1, 0.15) is 36.0 Å². The van der Waals surface area contributed by atoms with Crippen molar-refractivity contribution in [1.29, 1.82) is 0 Å². The van der Waals surface area contributed by atoms with E-state index in [-0.39, 0.29) is 31.1 Å². The first kappa shape index (κ1) is 35.3. The fourth-order valence-electron chi connectivity index (χ4n) is 6.88. The van der Waals surface area contributed by atoms with Crippen molar-refractivity contribution < 1.29 is 19.2 Å². The van der Waals surface area contributed by atoms with Crippen LogP contribution in [0, 0.1) is 5.92 Å². The Morgan fingerprint density at radius 1 is 0.588 bits per heavy atom. The predicted molar refractivity (Wildman–Crippen MR) is 201 cm³/mol. The Morgan fingerprint density at radius 2 is 1.10 bits per heavy atom. The highest BCUT2D eigenvalue weighted by Crippen LogP contribution is 2.20. The third kappa shape index (κ3) is 9.80. The molecular formula is C42H45N5O4. The van der Waals surface area contributed by atoms with Crippen molar-refractivity contribution in [2.75, 3.05) is 13.1 Å². The number of hydrogen-bond donors (Lipinski definition) is 5. The topological polar surface area (TPSA) is 142 Å². The molecule has 5 aromatic rings. The van der Waals surface area contributed by atoms with Gasteiger partial charge in [0.2, 0.25) is 23.6 Å². The van der Waals surface area contributed by atoms with E-state index < -0.39 is 35.8 Å². The third-order valence-corrected chi connectivity index (χ3v) is 9.60. The lowest BCUT2D eigenvalue weighted by Gasteiger charge is -2.28. The zero-order chi connectivity index (χ0) is 35.6. The molecule has 5 aromatic carbocycles. The summed E-state index contributed by atoms with van der Waals surface area (Å²) in [5.74, 6) is -1.81. The molecule has 262 valence electrons. The first-order chi connectivity index (χ1) is 24.8. The third-order valence-electron chi connectivity index (χ3n) is 9.60. The second kappa shape index (κ2) is 16.9. The number of fused-ring (bicyclic) bond motifs is 2. The number of benzene rings is 5. The normalized spacial score (nSPS) is 15.1. The number of amides is 4. The van der Waals surface area contributed by atoms with Crippen molar-refractivity contribution in [2.24, 2.45) is 11.7 Å². The molecule has 0 bridgehead atoms. The molecule has 6 rings (SSSR count). The van der Waals surface area contributed by atoms with Gasteiger partial charge in [0.25, 0.3) is 0 Å². The first-order valence-corrected chi connectivity index (χ1v) is 17.7. The van der Waals surface area contributed by atoms with Gasteiger partial charge in [0.05, 0.1) is 0 Å². The Labute approximate surface area is 298 Å². The number of piperidine rings is 1. The molecule has 4 amide bonds. The average Bonchev–Trinajstić information content (AvgIpc) is 3.14. The van der Waals surface area contributed by atoms with Gasteiger partial charge in [-0.3, -0.25) is 19.2 Å². The molecule has 0 aliphatic carbocycles. The Bertz CT molecular complexity index is 1990. The summed E-state index contributed by atoms with van der Waals surface area (Å²) in [7, 11) is 0. The SMILES string of the molecule is NC(=O)CC(Cc1ccccc1)NC(=O)C(Cc1ccc2ccccc2c1)NC(=O)C(Cc1ccc2ccccc2c1)NC(=O)C1CCNCC1. The van der Waals surface area contributed by atoms with Crippen molar-refractivity contribution in [3.63, 3.8) is 0 Å². The standard InChI is InChI=1S/C42H45N5O4/c43-39(48)27-36(24-28-8-2-1-3-9-28)45-41(50)37(25-29-14-16-31-10-4-6-12-34(31)22-29)47-42(51)38(46-40(49)33-18-20-44-21-19-33)26-30-15-17-32-11-5-7-13-35(32)23-30/h1-17,22-23,33,36-38,44H,18-21,24-27H2,(H2,43,48)(H,45,50)(H,46,49)(H,47,51). The molecule has 1 heterocycles. The molecule has 1 aliphatic heterocycles. The van der Waals surface area contributed by atoms with E-state index in [1.165, 1.54) is 0 Å². The molecule has 0 saturated carbocycles. The van der Waals surface area contributed by atoms with Crippen LogP contribution in [0.25, 0.3) is 21.5 Å². The number of nitrogens with one attached hydrogen (secondary N) is 4. The van der Waals surface area contributed by atoms with Gasteiger partial charge >= 0.3 is 0 Å². The van der Waals surface area contributed by atoms with Gasteiger partial charge in [0, 0.05) is 31.2 Å². The molecule has 1 fully saturated rings. The van der Waals surface area contributed by atoms with Gasteiger partial charge in [-0.25, -0.2) is 0 Å². The van der Waals surface area contributed by atoms with Crippen molar-refractivity contribution in [3.8, 4) is 0 Å². The zero-order valence-electron chi connectivity index (χ0n) is 28.6. The maximum atomic E-state index is 14.3. The minimum absolute atomic E-state index is 0.0613. The Morgan fingerprint density at radius 3 is 1.67 bits per heavy atom. The molecule has 6 N–H and O–H groups in total. The summed E-state index contributed by atoms with van der Waals surface area (Å²) in [5, 5.41) is 16.5. The van der Waals surface area contributed by atoms with Crippen LogP contribution in [0.2, 0.25) is 0 Å². The molecule has 1 saturated heterocycles. The molecule has 0 radical (unpaired) electrons. The van der Waals surface area contributed by atoms with E-state index in [1.807, 2.05) is 115 Å². The van der Waals surface area contributed by atoms with Gasteiger partial charge < -0.3 is 27.0 Å². The van der Waals surface area contributed by atoms with E-state index in [4.69, 9.17) is 5.73 Å². The Kier molecular flexibility index (Phi) is 11.7. The summed E-state index contributed by atoms with van der Waals surface area (Å²) in [6.45, 7) is 1.48. The van der Waals surface area contributed by atoms with Gasteiger partial charge in [-0.05, 0) is 70.6 Å². The number of hydrogen-bond acceptors (Lipinski definition) is 5. The summed E-state index contributed by atoms with van der Waals surface area (Å²) >= 11 is 0. The maximum Gasteiger partial charge on any atom is 0.243 e. The largest absolute Gasteiger partial charge is 0.370 e. The smallest absolute Gasteiger partial charge is 0.243 e. The summed E-state index contributed by atoms with van der Waals surface area (Å²) in [4.78, 5) is 54.1. The molecule has 9 heteroatoms. The average molecular weight is 684 g/mol. The van der Waals surface area contributed by atoms with Crippen LogP contribution in [0.5, 0.6) is 0 Å². The highest BCUT2D eigenvalue weighted by Gasteiger charge is 2.31. The summed E-state index contributed by atoms with van der Waals surface area (Å²) in [6, 6.07) is 35.0. The fraction of sp³-hybridized carbons (Fsp3) is 0.286. The molecule has 9 nitrogen and oxygen atoms in total. The molecular weight excluding hydrogens is 638 g/mol. The Hall–Kier alpha value is -5.54. The summed E-state index contributed by atoms with van der Waals surface area (Å²) in [6.07, 6.45) is 2.15. The fourth-order valence-corrected chi connectivity index (χ4v) is 6.88. The van der Waals surface area contributed by atoms with E-state index in [2.05, 4.69) is 21.3 Å². The second-order valence-corrected chi connectivity index (χ2v) is 13.5. The first-order valence-electron chi connectivity index (χ1n) is 17.7. The number of nitrogens with two attached hydrogens (primary N) is 1. The van der Waals surface area contributed by atoms with Gasteiger partial charge in [-0.2, -0.15) is 0 Å². The van der Waals surface area contributed by atoms with Crippen molar-refractivity contribution >= 4 is 45.2 Å². The lowest BCUT2D eigenvalue weighted by atomic mass is 9.95. The van der Waals surface area contributed by atoms with Crippen LogP contribution in [-0.4, -0.2) is 54.8 Å². The predicted octanol–water partition coefficient (Wildman–Crippen LogP) is 4.35. The van der Waals surface area contributed by atoms with E-state index >= 15 is 0 Å². The van der Waals surface area contributed by atoms with Crippen LogP contribution in [-0.2, 0) is 38.4 Å². The highest BCUT2D eigenvalue weighted by molar-refractivity contribution is 5.93. The molecule has 0 aromatic heterocycles. The van der Waals surface area contributed by atoms with E-state index in [9.17, 15) is 19.2 Å². The van der Waals surface area contributed by atoms with Gasteiger partial charge in [-0.15, -0.1) is 0 Å². The quantitative estimate of drug-likeness (QED) is 0.118. The van der Waals surface area contributed by atoms with Gasteiger partial charge in [0.1, 0.15) is 12.1 Å². The number of rotatable bonds is 14. The van der Waals surface area contributed by atoms with Crippen LogP contribution in [0.3, 0.4) is 0 Å². The van der Waals surface area contributed by atoms with Crippen LogP contribution >= 0.6 is 0 Å². The van der Waals surface area contributed by atoms with Crippen LogP contribution in [0.15, 0.2) is 115 Å². The van der Waals surface area contributed by atoms with E-state index in [0.717, 1.165) is 51.3 Å². The van der Waals surface area contributed by atoms with E-state index in [0.29, 0.717) is 19.3 Å². The van der Waals surface area contributed by atoms with Crippen molar-refractivity contribution in [2.45, 2.75) is 56.7 Å².